The summed E-state index contributed by atoms with van der Waals surface area (Å²) in [6.07, 6.45) is 0. The number of hydrogen-bond donors (Lipinski definition) is 1. The largest absolute Gasteiger partial charge is 0.467 e. The van der Waals surface area contributed by atoms with Gasteiger partial charge < -0.3 is 10.5 Å². The zero-order chi connectivity index (χ0) is 14.8. The summed E-state index contributed by atoms with van der Waals surface area (Å²) in [5, 5.41) is 0. The van der Waals surface area contributed by atoms with E-state index in [1.807, 2.05) is 62.4 Å². The van der Waals surface area contributed by atoms with Gasteiger partial charge in [0, 0.05) is 0 Å². The molecular weight excluding hydrogens is 250 g/mol. The fourth-order valence-electron chi connectivity index (χ4n) is 2.50. The van der Waals surface area contributed by atoms with Crippen LogP contribution in [0.4, 0.5) is 0 Å². The molecule has 3 nitrogen and oxygen atoms in total. The molecule has 2 rings (SSSR count). The van der Waals surface area contributed by atoms with Crippen molar-refractivity contribution in [3.05, 3.63) is 70.8 Å². The lowest BCUT2D eigenvalue weighted by Crippen LogP contribution is -2.47. The summed E-state index contributed by atoms with van der Waals surface area (Å²) in [5.41, 5.74) is 8.78. The van der Waals surface area contributed by atoms with Crippen LogP contribution in [0.3, 0.4) is 0 Å². The molecule has 0 saturated carbocycles. The highest BCUT2D eigenvalue weighted by Gasteiger charge is 2.40. The van der Waals surface area contributed by atoms with Crippen molar-refractivity contribution < 1.29 is 9.53 Å². The molecule has 20 heavy (non-hydrogen) atoms. The third-order valence-corrected chi connectivity index (χ3v) is 3.54. The number of aryl methyl sites for hydroxylation is 2. The summed E-state index contributed by atoms with van der Waals surface area (Å²) in [4.78, 5) is 12.3. The first-order valence-electron chi connectivity index (χ1n) is 6.50. The molecule has 0 aromatic heterocycles. The van der Waals surface area contributed by atoms with Gasteiger partial charge in [-0.2, -0.15) is 0 Å². The summed E-state index contributed by atoms with van der Waals surface area (Å²) < 4.78 is 4.95. The number of nitrogens with two attached hydrogens (primary N) is 1. The van der Waals surface area contributed by atoms with Gasteiger partial charge in [-0.25, -0.2) is 4.79 Å². The second-order valence-electron chi connectivity index (χ2n) is 4.98. The van der Waals surface area contributed by atoms with Crippen molar-refractivity contribution in [3.8, 4) is 0 Å². The van der Waals surface area contributed by atoms with Crippen molar-refractivity contribution in [3.63, 3.8) is 0 Å². The number of carbonyl (C=O) groups is 1. The van der Waals surface area contributed by atoms with Crippen molar-refractivity contribution in [2.75, 3.05) is 7.11 Å². The van der Waals surface area contributed by atoms with E-state index < -0.39 is 11.5 Å². The molecule has 0 spiro atoms. The van der Waals surface area contributed by atoms with Gasteiger partial charge in [-0.3, -0.25) is 0 Å². The average Bonchev–Trinajstić information content (AvgIpc) is 2.46. The molecule has 0 amide bonds. The highest BCUT2D eigenvalue weighted by Crippen LogP contribution is 2.31. The van der Waals surface area contributed by atoms with Crippen LogP contribution in [-0.4, -0.2) is 13.1 Å². The minimum atomic E-state index is -1.28. The molecule has 1 atom stereocenters. The molecule has 0 aliphatic carbocycles. The molecule has 2 N–H and O–H groups in total. The molecule has 2 aromatic rings. The summed E-state index contributed by atoms with van der Waals surface area (Å²) >= 11 is 0. The van der Waals surface area contributed by atoms with E-state index in [1.165, 1.54) is 7.11 Å². The molecule has 0 bridgehead atoms. The Morgan fingerprint density at radius 2 is 1.75 bits per heavy atom. The topological polar surface area (TPSA) is 52.3 Å². The van der Waals surface area contributed by atoms with Gasteiger partial charge >= 0.3 is 5.97 Å². The van der Waals surface area contributed by atoms with Crippen LogP contribution in [0, 0.1) is 13.8 Å². The first-order chi connectivity index (χ1) is 9.50. The normalized spacial score (nSPS) is 13.6. The van der Waals surface area contributed by atoms with E-state index in [4.69, 9.17) is 10.5 Å². The summed E-state index contributed by atoms with van der Waals surface area (Å²) in [6, 6.07) is 15.2. The van der Waals surface area contributed by atoms with Gasteiger partial charge in [0.15, 0.2) is 5.54 Å². The van der Waals surface area contributed by atoms with Gasteiger partial charge in [0.05, 0.1) is 7.11 Å². The van der Waals surface area contributed by atoms with E-state index in [0.717, 1.165) is 22.3 Å². The Kier molecular flexibility index (Phi) is 3.91. The van der Waals surface area contributed by atoms with E-state index in [2.05, 4.69) is 0 Å². The highest BCUT2D eigenvalue weighted by molar-refractivity contribution is 5.87. The predicted octanol–water partition coefficient (Wildman–Crippen LogP) is 2.68. The van der Waals surface area contributed by atoms with Crippen LogP contribution >= 0.6 is 0 Å². The molecule has 1 unspecified atom stereocenters. The van der Waals surface area contributed by atoms with Crippen molar-refractivity contribution in [2.45, 2.75) is 19.4 Å². The number of hydrogen-bond acceptors (Lipinski definition) is 3. The molecular formula is C17H19NO2. The van der Waals surface area contributed by atoms with Crippen LogP contribution in [0.25, 0.3) is 0 Å². The zero-order valence-corrected chi connectivity index (χ0v) is 12.0. The van der Waals surface area contributed by atoms with Crippen LogP contribution in [0.2, 0.25) is 0 Å². The average molecular weight is 269 g/mol. The second kappa shape index (κ2) is 5.47. The fraction of sp³-hybridized carbons (Fsp3) is 0.235. The maximum Gasteiger partial charge on any atom is 0.335 e. The lowest BCUT2D eigenvalue weighted by molar-refractivity contribution is -0.145. The smallest absolute Gasteiger partial charge is 0.335 e. The summed E-state index contributed by atoms with van der Waals surface area (Å²) in [5.74, 6) is -0.462. The maximum atomic E-state index is 12.3. The Morgan fingerprint density at radius 3 is 2.30 bits per heavy atom. The van der Waals surface area contributed by atoms with Gasteiger partial charge in [0.1, 0.15) is 0 Å². The number of ether oxygens (including phenoxy) is 1. The van der Waals surface area contributed by atoms with E-state index in [-0.39, 0.29) is 0 Å². The second-order valence-corrected chi connectivity index (χ2v) is 4.98. The Labute approximate surface area is 119 Å². The fourth-order valence-corrected chi connectivity index (χ4v) is 2.50. The van der Waals surface area contributed by atoms with Crippen LogP contribution in [0.5, 0.6) is 0 Å². The van der Waals surface area contributed by atoms with Crippen molar-refractivity contribution in [2.24, 2.45) is 5.73 Å². The van der Waals surface area contributed by atoms with Crippen LogP contribution in [0.15, 0.2) is 48.5 Å². The minimum Gasteiger partial charge on any atom is -0.467 e. The predicted molar refractivity (Wildman–Crippen MR) is 79.3 cm³/mol. The lowest BCUT2D eigenvalue weighted by Gasteiger charge is -2.29. The highest BCUT2D eigenvalue weighted by atomic mass is 16.5. The molecule has 0 fully saturated rings. The Balaban J connectivity index is 2.67. The SMILES string of the molecule is COC(=O)C(N)(c1ccccc1)c1ccc(C)cc1C. The Morgan fingerprint density at radius 1 is 1.10 bits per heavy atom. The molecule has 104 valence electrons. The quantitative estimate of drug-likeness (QED) is 0.872. The number of rotatable bonds is 3. The molecule has 0 radical (unpaired) electrons. The number of benzene rings is 2. The van der Waals surface area contributed by atoms with Gasteiger partial charge in [-0.05, 0) is 30.5 Å². The number of methoxy groups -OCH3 is 1. The Hall–Kier alpha value is -2.13. The molecule has 0 aliphatic rings. The van der Waals surface area contributed by atoms with E-state index in [0.29, 0.717) is 0 Å². The Bertz CT molecular complexity index is 622. The lowest BCUT2D eigenvalue weighted by atomic mass is 9.81. The van der Waals surface area contributed by atoms with E-state index in [1.54, 1.807) is 0 Å². The third kappa shape index (κ3) is 2.32. The van der Waals surface area contributed by atoms with Gasteiger partial charge in [0.2, 0.25) is 0 Å². The standard InChI is InChI=1S/C17H19NO2/c1-12-9-10-15(13(2)11-12)17(18,16(19)20-3)14-7-5-4-6-8-14/h4-11H,18H2,1-3H3. The maximum absolute atomic E-state index is 12.3. The molecule has 0 aliphatic heterocycles. The molecule has 2 aromatic carbocycles. The molecule has 3 heteroatoms. The van der Waals surface area contributed by atoms with Gasteiger partial charge in [-0.1, -0.05) is 54.1 Å². The van der Waals surface area contributed by atoms with Crippen LogP contribution in [0.1, 0.15) is 22.3 Å². The first kappa shape index (κ1) is 14.3. The van der Waals surface area contributed by atoms with Crippen molar-refractivity contribution >= 4 is 5.97 Å². The van der Waals surface area contributed by atoms with Crippen molar-refractivity contribution in [1.82, 2.24) is 0 Å². The number of carbonyl (C=O) groups excluding carboxylic acids is 1. The summed E-state index contributed by atoms with van der Waals surface area (Å²) in [6.45, 7) is 3.96. The third-order valence-electron chi connectivity index (χ3n) is 3.54. The zero-order valence-electron chi connectivity index (χ0n) is 12.0. The van der Waals surface area contributed by atoms with Gasteiger partial charge in [-0.15, -0.1) is 0 Å². The monoisotopic (exact) mass is 269 g/mol. The summed E-state index contributed by atoms with van der Waals surface area (Å²) in [7, 11) is 1.36. The van der Waals surface area contributed by atoms with E-state index >= 15 is 0 Å². The number of esters is 1. The van der Waals surface area contributed by atoms with Crippen LogP contribution in [-0.2, 0) is 15.1 Å². The molecule has 0 saturated heterocycles. The van der Waals surface area contributed by atoms with E-state index in [9.17, 15) is 4.79 Å². The molecule has 0 heterocycles. The van der Waals surface area contributed by atoms with Crippen molar-refractivity contribution in [1.29, 1.82) is 0 Å². The van der Waals surface area contributed by atoms with Crippen LogP contribution < -0.4 is 5.73 Å². The van der Waals surface area contributed by atoms with Gasteiger partial charge in [0.25, 0.3) is 0 Å². The first-order valence-corrected chi connectivity index (χ1v) is 6.50. The minimum absolute atomic E-state index is 0.462.